The van der Waals surface area contributed by atoms with Crippen molar-refractivity contribution in [3.8, 4) is 17.2 Å². The van der Waals surface area contributed by atoms with Gasteiger partial charge >= 0.3 is 0 Å². The van der Waals surface area contributed by atoms with Crippen molar-refractivity contribution in [2.75, 3.05) is 19.2 Å². The van der Waals surface area contributed by atoms with E-state index < -0.39 is 0 Å². The summed E-state index contributed by atoms with van der Waals surface area (Å²) in [4.78, 5) is 25.5. The number of benzene rings is 2. The Morgan fingerprint density at radius 2 is 1.88 bits per heavy atom. The second-order valence-corrected chi connectivity index (χ2v) is 7.96. The van der Waals surface area contributed by atoms with Gasteiger partial charge in [-0.15, -0.1) is 0 Å². The van der Waals surface area contributed by atoms with E-state index in [0.29, 0.717) is 58.4 Å². The molecule has 0 bridgehead atoms. The molecule has 1 aliphatic heterocycles. The number of methoxy groups -OCH3 is 1. The van der Waals surface area contributed by atoms with E-state index in [1.807, 2.05) is 6.92 Å². The molecule has 1 aliphatic carbocycles. The number of amides is 2. The van der Waals surface area contributed by atoms with Crippen LogP contribution in [-0.4, -0.2) is 31.4 Å². The van der Waals surface area contributed by atoms with E-state index in [2.05, 4.69) is 15.8 Å². The summed E-state index contributed by atoms with van der Waals surface area (Å²) in [7, 11) is 1.54. The maximum atomic E-state index is 13.0. The fourth-order valence-electron chi connectivity index (χ4n) is 4.11. The first-order valence-corrected chi connectivity index (χ1v) is 10.9. The summed E-state index contributed by atoms with van der Waals surface area (Å²) in [5, 5.41) is 7.21. The topological polar surface area (TPSA) is 111 Å². The van der Waals surface area contributed by atoms with Crippen LogP contribution in [0.3, 0.4) is 0 Å². The smallest absolute Gasteiger partial charge is 0.291 e. The minimum Gasteiger partial charge on any atom is -0.497 e. The number of nitrogens with one attached hydrogen (secondary N) is 2. The first-order chi connectivity index (χ1) is 16.5. The molecule has 3 aromatic rings. The largest absolute Gasteiger partial charge is 0.497 e. The van der Waals surface area contributed by atoms with Gasteiger partial charge in [0.2, 0.25) is 6.79 Å². The molecule has 0 radical (unpaired) electrons. The average molecular weight is 461 g/mol. The Bertz CT molecular complexity index is 1310. The van der Waals surface area contributed by atoms with Crippen LogP contribution in [0.25, 0.3) is 0 Å². The number of carbonyl (C=O) groups excluding carboxylic acids is 2. The minimum absolute atomic E-state index is 0.160. The normalized spacial score (nSPS) is 15.1. The van der Waals surface area contributed by atoms with Crippen LogP contribution in [-0.2, 0) is 6.42 Å². The minimum atomic E-state index is -0.370. The molecule has 0 spiro atoms. The molecule has 9 heteroatoms. The molecule has 2 heterocycles. The predicted octanol–water partition coefficient (Wildman–Crippen LogP) is 4.05. The van der Waals surface area contributed by atoms with Gasteiger partial charge in [0.25, 0.3) is 11.8 Å². The molecule has 0 saturated carbocycles. The van der Waals surface area contributed by atoms with Crippen LogP contribution in [0.1, 0.15) is 50.6 Å². The molecule has 2 amide bonds. The number of furan rings is 1. The Morgan fingerprint density at radius 1 is 1.03 bits per heavy atom. The average Bonchev–Trinajstić information content (AvgIpc) is 3.46. The first-order valence-electron chi connectivity index (χ1n) is 10.9. The Balaban J connectivity index is 1.35. The maximum Gasteiger partial charge on any atom is 0.291 e. The fourth-order valence-corrected chi connectivity index (χ4v) is 4.11. The second-order valence-electron chi connectivity index (χ2n) is 7.96. The van der Waals surface area contributed by atoms with E-state index in [0.717, 1.165) is 12.0 Å². The molecule has 1 aromatic heterocycles. The van der Waals surface area contributed by atoms with Crippen molar-refractivity contribution in [3.63, 3.8) is 0 Å². The standard InChI is InChI=1S/C25H23N3O6/c1-14-22-18(27-28-24(29)15-5-3-6-17(11-15)31-2)7-4-8-20(22)34-23(14)25(30)26-16-9-10-19-21(12-16)33-13-32-19/h3,5-6,9-12H,4,7-8,13H2,1-2H3,(H,26,30)(H,28,29)/b27-18+. The van der Waals surface area contributed by atoms with Crippen LogP contribution in [0.4, 0.5) is 5.69 Å². The predicted molar refractivity (Wildman–Crippen MR) is 124 cm³/mol. The van der Waals surface area contributed by atoms with Gasteiger partial charge in [-0.2, -0.15) is 5.10 Å². The number of ether oxygens (including phenoxy) is 3. The van der Waals surface area contributed by atoms with Gasteiger partial charge < -0.3 is 23.9 Å². The second kappa shape index (κ2) is 8.93. The molecule has 0 saturated heterocycles. The lowest BCUT2D eigenvalue weighted by Gasteiger charge is -2.13. The lowest BCUT2D eigenvalue weighted by molar-refractivity contribution is 0.0953. The van der Waals surface area contributed by atoms with Crippen LogP contribution in [0, 0.1) is 6.92 Å². The zero-order valence-corrected chi connectivity index (χ0v) is 18.8. The number of hydrazone groups is 1. The molecule has 2 aromatic carbocycles. The third-order valence-electron chi connectivity index (χ3n) is 5.79. The molecular formula is C25H23N3O6. The van der Waals surface area contributed by atoms with E-state index in [1.165, 1.54) is 0 Å². The molecule has 0 fully saturated rings. The van der Waals surface area contributed by atoms with Gasteiger partial charge in [0, 0.05) is 34.9 Å². The molecule has 9 nitrogen and oxygen atoms in total. The summed E-state index contributed by atoms with van der Waals surface area (Å²) in [6.45, 7) is 1.98. The van der Waals surface area contributed by atoms with Crippen LogP contribution < -0.4 is 25.0 Å². The van der Waals surface area contributed by atoms with Crippen molar-refractivity contribution < 1.29 is 28.2 Å². The van der Waals surface area contributed by atoms with Crippen molar-refractivity contribution in [1.29, 1.82) is 0 Å². The number of rotatable bonds is 5. The van der Waals surface area contributed by atoms with Gasteiger partial charge in [-0.05, 0) is 50.1 Å². The van der Waals surface area contributed by atoms with E-state index in [9.17, 15) is 9.59 Å². The maximum absolute atomic E-state index is 13.0. The van der Waals surface area contributed by atoms with Gasteiger partial charge in [0.05, 0.1) is 12.8 Å². The molecule has 0 atom stereocenters. The molecule has 174 valence electrons. The van der Waals surface area contributed by atoms with Crippen LogP contribution >= 0.6 is 0 Å². The summed E-state index contributed by atoms with van der Waals surface area (Å²) in [6.07, 6.45) is 2.16. The molecule has 5 rings (SSSR count). The highest BCUT2D eigenvalue weighted by Crippen LogP contribution is 2.35. The number of aryl methyl sites for hydroxylation is 1. The lowest BCUT2D eigenvalue weighted by atomic mass is 9.93. The monoisotopic (exact) mass is 461 g/mol. The number of hydrogen-bond donors (Lipinski definition) is 2. The van der Waals surface area contributed by atoms with E-state index in [-0.39, 0.29) is 24.4 Å². The molecule has 34 heavy (non-hydrogen) atoms. The highest BCUT2D eigenvalue weighted by Gasteiger charge is 2.28. The van der Waals surface area contributed by atoms with Crippen LogP contribution in [0.5, 0.6) is 17.2 Å². The third kappa shape index (κ3) is 4.07. The summed E-state index contributed by atoms with van der Waals surface area (Å²) in [5.74, 6) is 1.99. The van der Waals surface area contributed by atoms with E-state index in [4.69, 9.17) is 18.6 Å². The third-order valence-corrected chi connectivity index (χ3v) is 5.79. The number of carbonyl (C=O) groups is 2. The molecule has 2 N–H and O–H groups in total. The van der Waals surface area contributed by atoms with Crippen LogP contribution in [0.2, 0.25) is 0 Å². The fraction of sp³-hybridized carbons (Fsp3) is 0.240. The van der Waals surface area contributed by atoms with Gasteiger partial charge in [-0.25, -0.2) is 5.43 Å². The highest BCUT2D eigenvalue weighted by molar-refractivity contribution is 6.09. The van der Waals surface area contributed by atoms with Gasteiger partial charge in [0.1, 0.15) is 11.5 Å². The van der Waals surface area contributed by atoms with Crippen molar-refractivity contribution in [2.24, 2.45) is 5.10 Å². The van der Waals surface area contributed by atoms with Crippen molar-refractivity contribution in [1.82, 2.24) is 5.43 Å². The van der Waals surface area contributed by atoms with E-state index in [1.54, 1.807) is 49.6 Å². The molecule has 0 unspecified atom stereocenters. The lowest BCUT2D eigenvalue weighted by Crippen LogP contribution is -2.22. The summed E-state index contributed by atoms with van der Waals surface area (Å²) in [6, 6.07) is 12.0. The summed E-state index contributed by atoms with van der Waals surface area (Å²) >= 11 is 0. The Labute approximate surface area is 195 Å². The Hall–Kier alpha value is -4.27. The Morgan fingerprint density at radius 3 is 2.74 bits per heavy atom. The summed E-state index contributed by atoms with van der Waals surface area (Å²) in [5.41, 5.74) is 5.76. The van der Waals surface area contributed by atoms with Crippen molar-refractivity contribution >= 4 is 23.2 Å². The van der Waals surface area contributed by atoms with Crippen molar-refractivity contribution in [2.45, 2.75) is 26.2 Å². The van der Waals surface area contributed by atoms with E-state index >= 15 is 0 Å². The number of fused-ring (bicyclic) bond motifs is 2. The number of hydrogen-bond acceptors (Lipinski definition) is 7. The Kier molecular flexibility index (Phi) is 5.67. The van der Waals surface area contributed by atoms with Gasteiger partial charge in [-0.3, -0.25) is 9.59 Å². The zero-order valence-electron chi connectivity index (χ0n) is 18.8. The number of nitrogens with zero attached hydrogens (tertiary/aromatic N) is 1. The van der Waals surface area contributed by atoms with Gasteiger partial charge in [0.15, 0.2) is 17.3 Å². The SMILES string of the molecule is COc1cccc(C(=O)N/N=C2\CCCc3oc(C(=O)Nc4ccc5c(c4)OCO5)c(C)c32)c1. The van der Waals surface area contributed by atoms with Crippen molar-refractivity contribution in [3.05, 3.63) is 70.7 Å². The molecule has 2 aliphatic rings. The van der Waals surface area contributed by atoms with Crippen LogP contribution in [0.15, 0.2) is 52.0 Å². The zero-order chi connectivity index (χ0) is 23.7. The summed E-state index contributed by atoms with van der Waals surface area (Å²) < 4.78 is 21.8. The quantitative estimate of drug-likeness (QED) is 0.555. The van der Waals surface area contributed by atoms with Gasteiger partial charge in [-0.1, -0.05) is 6.07 Å². The number of anilines is 1. The first kappa shape index (κ1) is 21.6. The highest BCUT2D eigenvalue weighted by atomic mass is 16.7. The molecular weight excluding hydrogens is 438 g/mol.